The van der Waals surface area contributed by atoms with Gasteiger partial charge in [0.1, 0.15) is 0 Å². The van der Waals surface area contributed by atoms with Gasteiger partial charge >= 0.3 is 0 Å². The molecule has 4 heteroatoms. The van der Waals surface area contributed by atoms with Crippen LogP contribution in [0.15, 0.2) is 0 Å². The van der Waals surface area contributed by atoms with Crippen molar-refractivity contribution in [1.82, 2.24) is 5.32 Å². The summed E-state index contributed by atoms with van der Waals surface area (Å²) >= 11 is 0. The minimum atomic E-state index is -0.378. The summed E-state index contributed by atoms with van der Waals surface area (Å²) in [6.45, 7) is 2.44. The van der Waals surface area contributed by atoms with Crippen LogP contribution in [0.1, 0.15) is 0 Å². The molecule has 1 fully saturated rings. The van der Waals surface area contributed by atoms with Gasteiger partial charge in [-0.2, -0.15) is 0 Å². The number of morpholine rings is 1. The Bertz CT molecular complexity index is 90.2. The molecule has 0 bridgehead atoms. The predicted octanol–water partition coefficient (Wildman–Crippen LogP) is -0.895. The van der Waals surface area contributed by atoms with Gasteiger partial charge in [-0.1, -0.05) is 0 Å². The second-order valence-electron chi connectivity index (χ2n) is 1.74. The number of carbonyl (C=O) groups excluding carboxylic acids is 1. The fraction of sp³-hybridized carbons (Fsp3) is 0.800. The number of carbonyl (C=O) groups is 1. The lowest BCUT2D eigenvalue weighted by Crippen LogP contribution is -2.39. The Hall–Kier alpha value is -0.610. The van der Waals surface area contributed by atoms with E-state index < -0.39 is 0 Å². The van der Waals surface area contributed by atoms with E-state index in [2.05, 4.69) is 10.1 Å². The van der Waals surface area contributed by atoms with Gasteiger partial charge in [0, 0.05) is 6.54 Å². The maximum atomic E-state index is 9.74. The average molecular weight is 131 g/mol. The van der Waals surface area contributed by atoms with Crippen LogP contribution in [0.4, 0.5) is 0 Å². The Morgan fingerprint density at radius 1 is 1.78 bits per heavy atom. The van der Waals surface area contributed by atoms with Gasteiger partial charge in [-0.3, -0.25) is 4.79 Å². The van der Waals surface area contributed by atoms with Crippen molar-refractivity contribution in [3.8, 4) is 0 Å². The zero-order chi connectivity index (χ0) is 6.53. The molecule has 1 rings (SSSR count). The highest BCUT2D eigenvalue weighted by Crippen LogP contribution is 1.94. The molecule has 1 heterocycles. The van der Waals surface area contributed by atoms with Crippen LogP contribution in [-0.2, 0) is 14.3 Å². The summed E-state index contributed by atoms with van der Waals surface area (Å²) in [5.74, 6) is 0. The molecule has 4 nitrogen and oxygen atoms in total. The molecule has 0 saturated carbocycles. The van der Waals surface area contributed by atoms with E-state index in [1.165, 1.54) is 0 Å². The van der Waals surface area contributed by atoms with Gasteiger partial charge in [-0.25, -0.2) is 0 Å². The molecule has 0 spiro atoms. The maximum absolute atomic E-state index is 9.74. The van der Waals surface area contributed by atoms with E-state index >= 15 is 0 Å². The first-order chi connectivity index (χ1) is 4.43. The Kier molecular flexibility index (Phi) is 2.48. The summed E-state index contributed by atoms with van der Waals surface area (Å²) in [6, 6.07) is 0. The van der Waals surface area contributed by atoms with Crippen molar-refractivity contribution in [2.24, 2.45) is 0 Å². The molecule has 0 amide bonds. The molecule has 0 radical (unpaired) electrons. The standard InChI is InChI=1S/C5H9NO3/c7-4-9-5-3-6-1-2-8-5/h4-6H,1-3H2. The van der Waals surface area contributed by atoms with Crippen molar-refractivity contribution in [1.29, 1.82) is 0 Å². The Morgan fingerprint density at radius 2 is 2.67 bits per heavy atom. The third kappa shape index (κ3) is 1.99. The Balaban J connectivity index is 2.15. The maximum Gasteiger partial charge on any atom is 0.295 e. The molecule has 1 atom stereocenters. The number of hydrogen-bond donors (Lipinski definition) is 1. The molecule has 9 heavy (non-hydrogen) atoms. The first kappa shape index (κ1) is 6.51. The molecule has 1 N–H and O–H groups in total. The van der Waals surface area contributed by atoms with Gasteiger partial charge in [0.25, 0.3) is 6.47 Å². The topological polar surface area (TPSA) is 47.6 Å². The van der Waals surface area contributed by atoms with Crippen LogP contribution in [0.25, 0.3) is 0 Å². The highest BCUT2D eigenvalue weighted by molar-refractivity contribution is 5.37. The van der Waals surface area contributed by atoms with Gasteiger partial charge in [0.05, 0.1) is 13.2 Å². The lowest BCUT2D eigenvalue weighted by Gasteiger charge is -2.21. The number of rotatable bonds is 2. The lowest BCUT2D eigenvalue weighted by atomic mass is 10.5. The lowest BCUT2D eigenvalue weighted by molar-refractivity contribution is -0.168. The minimum Gasteiger partial charge on any atom is -0.437 e. The van der Waals surface area contributed by atoms with Gasteiger partial charge in [0.2, 0.25) is 6.29 Å². The zero-order valence-corrected chi connectivity index (χ0v) is 5.00. The van der Waals surface area contributed by atoms with E-state index in [0.717, 1.165) is 6.54 Å². The first-order valence-corrected chi connectivity index (χ1v) is 2.85. The van der Waals surface area contributed by atoms with Crippen LogP contribution in [0.2, 0.25) is 0 Å². The van der Waals surface area contributed by atoms with E-state index in [4.69, 9.17) is 4.74 Å². The van der Waals surface area contributed by atoms with E-state index in [0.29, 0.717) is 19.6 Å². The van der Waals surface area contributed by atoms with Gasteiger partial charge in [-0.15, -0.1) is 0 Å². The second kappa shape index (κ2) is 3.42. The van der Waals surface area contributed by atoms with Crippen LogP contribution in [0, 0.1) is 0 Å². The second-order valence-corrected chi connectivity index (χ2v) is 1.74. The van der Waals surface area contributed by atoms with Gasteiger partial charge in [0.15, 0.2) is 0 Å². The van der Waals surface area contributed by atoms with Crippen molar-refractivity contribution in [2.75, 3.05) is 19.7 Å². The van der Waals surface area contributed by atoms with Crippen molar-refractivity contribution < 1.29 is 14.3 Å². The fourth-order valence-corrected chi connectivity index (χ4v) is 0.691. The number of ether oxygens (including phenoxy) is 2. The summed E-state index contributed by atoms with van der Waals surface area (Å²) in [6.07, 6.45) is -0.378. The third-order valence-corrected chi connectivity index (χ3v) is 1.10. The SMILES string of the molecule is O=COC1CNCCO1. The van der Waals surface area contributed by atoms with Crippen molar-refractivity contribution >= 4 is 6.47 Å². The highest BCUT2D eigenvalue weighted by Gasteiger charge is 2.12. The summed E-state index contributed by atoms with van der Waals surface area (Å²) in [5.41, 5.74) is 0. The van der Waals surface area contributed by atoms with Gasteiger partial charge < -0.3 is 14.8 Å². The van der Waals surface area contributed by atoms with Crippen molar-refractivity contribution in [3.63, 3.8) is 0 Å². The van der Waals surface area contributed by atoms with Crippen LogP contribution >= 0.6 is 0 Å². The summed E-state index contributed by atoms with van der Waals surface area (Å²) in [5, 5.41) is 3.01. The highest BCUT2D eigenvalue weighted by atomic mass is 16.7. The molecular weight excluding hydrogens is 122 g/mol. The van der Waals surface area contributed by atoms with E-state index in [1.54, 1.807) is 0 Å². The summed E-state index contributed by atoms with van der Waals surface area (Å²) in [4.78, 5) is 9.74. The van der Waals surface area contributed by atoms with Crippen LogP contribution < -0.4 is 5.32 Å². The molecule has 1 aliphatic rings. The average Bonchev–Trinajstić information content (AvgIpc) is 1.91. The molecule has 1 saturated heterocycles. The van der Waals surface area contributed by atoms with Crippen molar-refractivity contribution in [3.05, 3.63) is 0 Å². The molecule has 52 valence electrons. The summed E-state index contributed by atoms with van der Waals surface area (Å²) in [7, 11) is 0. The number of hydrogen-bond acceptors (Lipinski definition) is 4. The molecule has 0 aromatic heterocycles. The van der Waals surface area contributed by atoms with Crippen LogP contribution in [-0.4, -0.2) is 32.5 Å². The largest absolute Gasteiger partial charge is 0.437 e. The van der Waals surface area contributed by atoms with Crippen LogP contribution in [0.3, 0.4) is 0 Å². The smallest absolute Gasteiger partial charge is 0.295 e. The third-order valence-electron chi connectivity index (χ3n) is 1.10. The molecule has 0 aromatic rings. The molecule has 0 aromatic carbocycles. The van der Waals surface area contributed by atoms with E-state index in [9.17, 15) is 4.79 Å². The van der Waals surface area contributed by atoms with Crippen molar-refractivity contribution in [2.45, 2.75) is 6.29 Å². The monoisotopic (exact) mass is 131 g/mol. The fourth-order valence-electron chi connectivity index (χ4n) is 0.691. The number of nitrogens with one attached hydrogen (secondary N) is 1. The first-order valence-electron chi connectivity index (χ1n) is 2.85. The van der Waals surface area contributed by atoms with Gasteiger partial charge in [-0.05, 0) is 0 Å². The molecule has 1 aliphatic heterocycles. The Labute approximate surface area is 53.1 Å². The molecule has 1 unspecified atom stereocenters. The molecule has 0 aliphatic carbocycles. The minimum absolute atomic E-state index is 0.378. The Morgan fingerprint density at radius 3 is 3.22 bits per heavy atom. The normalized spacial score (nSPS) is 27.3. The van der Waals surface area contributed by atoms with E-state index in [1.807, 2.05) is 0 Å². The van der Waals surface area contributed by atoms with E-state index in [-0.39, 0.29) is 6.29 Å². The van der Waals surface area contributed by atoms with Crippen LogP contribution in [0.5, 0.6) is 0 Å². The zero-order valence-electron chi connectivity index (χ0n) is 5.00. The predicted molar refractivity (Wildman–Crippen MR) is 29.8 cm³/mol. The quantitative estimate of drug-likeness (QED) is 0.494. The summed E-state index contributed by atoms with van der Waals surface area (Å²) < 4.78 is 9.52. The molecular formula is C5H9NO3.